The van der Waals surface area contributed by atoms with E-state index < -0.39 is 0 Å². The Kier molecular flexibility index (Phi) is 5.82. The third-order valence-electron chi connectivity index (χ3n) is 8.66. The number of hydrogen-bond acceptors (Lipinski definition) is 1. The van der Waals surface area contributed by atoms with E-state index in [1.54, 1.807) is 0 Å². The molecule has 0 atom stereocenters. The minimum absolute atomic E-state index is 0.852. The average molecular weight is 536 g/mol. The van der Waals surface area contributed by atoms with Gasteiger partial charge >= 0.3 is 0 Å². The average Bonchev–Trinajstić information content (AvgIpc) is 3.09. The van der Waals surface area contributed by atoms with Crippen LogP contribution in [0, 0.1) is 0 Å². The number of aliphatic imine (C=N–C) groups is 1. The summed E-state index contributed by atoms with van der Waals surface area (Å²) in [6.07, 6.45) is 0.852. The highest BCUT2D eigenvalue weighted by Crippen LogP contribution is 2.45. The van der Waals surface area contributed by atoms with Crippen molar-refractivity contribution in [2.45, 2.75) is 13.3 Å². The van der Waals surface area contributed by atoms with Crippen LogP contribution >= 0.6 is 0 Å². The highest BCUT2D eigenvalue weighted by Gasteiger charge is 2.20. The number of fused-ring (bicyclic) bond motifs is 6. The number of nitrogens with zero attached hydrogens (tertiary/aromatic N) is 1. The van der Waals surface area contributed by atoms with Gasteiger partial charge in [-0.25, -0.2) is 0 Å². The summed E-state index contributed by atoms with van der Waals surface area (Å²) in [5.41, 5.74) is 13.4. The third kappa shape index (κ3) is 3.97. The fourth-order valence-electron chi connectivity index (χ4n) is 6.75. The van der Waals surface area contributed by atoms with Gasteiger partial charge in [0.1, 0.15) is 0 Å². The SMILES string of the molecule is C/C1=N\c2ccccc2Cc2ccccc2-c2cc(-c3c4ccccc4c(-c4ccccc4)c4ccccc34)ccc21. The van der Waals surface area contributed by atoms with Gasteiger partial charge in [-0.3, -0.25) is 4.99 Å². The lowest BCUT2D eigenvalue weighted by Crippen LogP contribution is -2.00. The van der Waals surface area contributed by atoms with Crippen molar-refractivity contribution in [1.29, 1.82) is 0 Å². The van der Waals surface area contributed by atoms with Crippen LogP contribution in [0.3, 0.4) is 0 Å². The Morgan fingerprint density at radius 3 is 1.67 bits per heavy atom. The first-order chi connectivity index (χ1) is 20.8. The summed E-state index contributed by atoms with van der Waals surface area (Å²) < 4.78 is 0. The molecule has 0 saturated heterocycles. The second-order valence-electron chi connectivity index (χ2n) is 11.1. The minimum Gasteiger partial charge on any atom is -0.253 e. The molecule has 7 aromatic carbocycles. The number of benzene rings is 7. The number of para-hydroxylation sites is 1. The fourth-order valence-corrected chi connectivity index (χ4v) is 6.75. The molecule has 0 radical (unpaired) electrons. The zero-order valence-electron chi connectivity index (χ0n) is 23.5. The second-order valence-corrected chi connectivity index (χ2v) is 11.1. The smallest absolute Gasteiger partial charge is 0.0668 e. The number of rotatable bonds is 2. The summed E-state index contributed by atoms with van der Waals surface area (Å²) in [6, 6.07) is 52.9. The highest BCUT2D eigenvalue weighted by molar-refractivity contribution is 6.21. The Hall–Kier alpha value is -5.27. The van der Waals surface area contributed by atoms with Crippen LogP contribution in [0.4, 0.5) is 5.69 Å². The van der Waals surface area contributed by atoms with Crippen molar-refractivity contribution in [2.75, 3.05) is 0 Å². The molecule has 1 aliphatic rings. The molecule has 1 aliphatic heterocycles. The molecule has 0 unspecified atom stereocenters. The van der Waals surface area contributed by atoms with Crippen molar-refractivity contribution in [1.82, 2.24) is 0 Å². The molecule has 1 nitrogen and oxygen atoms in total. The first kappa shape index (κ1) is 24.5. The normalized spacial score (nSPS) is 13.7. The van der Waals surface area contributed by atoms with Gasteiger partial charge in [0.2, 0.25) is 0 Å². The Morgan fingerprint density at radius 1 is 0.429 bits per heavy atom. The van der Waals surface area contributed by atoms with Gasteiger partial charge in [0.05, 0.1) is 5.69 Å². The van der Waals surface area contributed by atoms with Gasteiger partial charge in [0.25, 0.3) is 0 Å². The zero-order chi connectivity index (χ0) is 28.0. The predicted molar refractivity (Wildman–Crippen MR) is 179 cm³/mol. The van der Waals surface area contributed by atoms with Gasteiger partial charge in [-0.05, 0) is 85.1 Å². The maximum atomic E-state index is 5.15. The van der Waals surface area contributed by atoms with Gasteiger partial charge < -0.3 is 0 Å². The molecular formula is C41H29N. The molecule has 42 heavy (non-hydrogen) atoms. The van der Waals surface area contributed by atoms with E-state index >= 15 is 0 Å². The van der Waals surface area contributed by atoms with E-state index in [1.807, 2.05) is 0 Å². The van der Waals surface area contributed by atoms with Crippen LogP contribution in [-0.4, -0.2) is 5.71 Å². The summed E-state index contributed by atoms with van der Waals surface area (Å²) >= 11 is 0. The van der Waals surface area contributed by atoms with E-state index in [-0.39, 0.29) is 0 Å². The summed E-state index contributed by atoms with van der Waals surface area (Å²) in [4.78, 5) is 5.15. The van der Waals surface area contributed by atoms with E-state index in [1.165, 1.54) is 71.6 Å². The molecule has 1 heterocycles. The Labute approximate surface area is 246 Å². The predicted octanol–water partition coefficient (Wildman–Crippen LogP) is 11.0. The molecule has 0 amide bonds. The van der Waals surface area contributed by atoms with Crippen LogP contribution in [0.1, 0.15) is 23.6 Å². The quantitative estimate of drug-likeness (QED) is 0.195. The topological polar surface area (TPSA) is 12.4 Å². The van der Waals surface area contributed by atoms with Crippen LogP contribution < -0.4 is 0 Å². The van der Waals surface area contributed by atoms with Crippen LogP contribution in [0.2, 0.25) is 0 Å². The lowest BCUT2D eigenvalue weighted by molar-refractivity contribution is 1.19. The molecule has 1 heteroatoms. The second kappa shape index (κ2) is 9.98. The third-order valence-corrected chi connectivity index (χ3v) is 8.66. The lowest BCUT2D eigenvalue weighted by atomic mass is 9.84. The molecule has 0 fully saturated rings. The Bertz CT molecular complexity index is 2110. The van der Waals surface area contributed by atoms with Crippen molar-refractivity contribution in [2.24, 2.45) is 4.99 Å². The van der Waals surface area contributed by atoms with Crippen LogP contribution in [-0.2, 0) is 6.42 Å². The monoisotopic (exact) mass is 535 g/mol. The maximum absolute atomic E-state index is 5.15. The molecule has 0 saturated carbocycles. The van der Waals surface area contributed by atoms with Gasteiger partial charge in [0.15, 0.2) is 0 Å². The van der Waals surface area contributed by atoms with E-state index in [4.69, 9.17) is 4.99 Å². The van der Waals surface area contributed by atoms with Crippen molar-refractivity contribution in [3.05, 3.63) is 162 Å². The molecule has 0 bridgehead atoms. The highest BCUT2D eigenvalue weighted by atomic mass is 14.7. The van der Waals surface area contributed by atoms with Crippen molar-refractivity contribution in [3.8, 4) is 33.4 Å². The van der Waals surface area contributed by atoms with Crippen molar-refractivity contribution in [3.63, 3.8) is 0 Å². The van der Waals surface area contributed by atoms with Crippen molar-refractivity contribution >= 4 is 32.9 Å². The molecule has 0 spiro atoms. The molecule has 0 aromatic heterocycles. The first-order valence-electron chi connectivity index (χ1n) is 14.6. The molecular weight excluding hydrogens is 506 g/mol. The van der Waals surface area contributed by atoms with Crippen LogP contribution in [0.15, 0.2) is 151 Å². The molecule has 0 aliphatic carbocycles. The Morgan fingerprint density at radius 2 is 0.976 bits per heavy atom. The standard InChI is InChI=1S/C41H29N/c1-27-32-24-23-31(26-38(32)33-17-7-5-15-29(33)25-30-16-6-12-22-39(30)42-27)41-36-20-10-8-18-34(36)40(28-13-3-2-4-14-28)35-19-9-11-21-37(35)41/h2-24,26H,25H2,1H3/b42-27+. The minimum atomic E-state index is 0.852. The first-order valence-corrected chi connectivity index (χ1v) is 14.6. The zero-order valence-corrected chi connectivity index (χ0v) is 23.5. The van der Waals surface area contributed by atoms with E-state index in [9.17, 15) is 0 Å². The summed E-state index contributed by atoms with van der Waals surface area (Å²) in [7, 11) is 0. The van der Waals surface area contributed by atoms with E-state index in [0.29, 0.717) is 0 Å². The van der Waals surface area contributed by atoms with Gasteiger partial charge in [0, 0.05) is 17.7 Å². The fraction of sp³-hybridized carbons (Fsp3) is 0.0488. The van der Waals surface area contributed by atoms with Gasteiger partial charge in [-0.2, -0.15) is 0 Å². The molecule has 0 N–H and O–H groups in total. The summed E-state index contributed by atoms with van der Waals surface area (Å²) in [5, 5.41) is 5.08. The molecule has 198 valence electrons. The molecule has 7 aromatic rings. The van der Waals surface area contributed by atoms with Crippen LogP contribution in [0.5, 0.6) is 0 Å². The largest absolute Gasteiger partial charge is 0.253 e. The lowest BCUT2D eigenvalue weighted by Gasteiger charge is -2.19. The van der Waals surface area contributed by atoms with Crippen molar-refractivity contribution < 1.29 is 0 Å². The summed E-state index contributed by atoms with van der Waals surface area (Å²) in [5.74, 6) is 0. The van der Waals surface area contributed by atoms with Gasteiger partial charge in [-0.15, -0.1) is 0 Å². The van der Waals surface area contributed by atoms with Gasteiger partial charge in [-0.1, -0.05) is 133 Å². The maximum Gasteiger partial charge on any atom is 0.0668 e. The van der Waals surface area contributed by atoms with E-state index in [0.717, 1.165) is 17.8 Å². The Balaban J connectivity index is 1.44. The number of hydrogen-bond donors (Lipinski definition) is 0. The molecule has 8 rings (SSSR count). The van der Waals surface area contributed by atoms with E-state index in [2.05, 4.69) is 153 Å². The summed E-state index contributed by atoms with van der Waals surface area (Å²) in [6.45, 7) is 2.14. The van der Waals surface area contributed by atoms with Crippen LogP contribution in [0.25, 0.3) is 54.9 Å².